The van der Waals surface area contributed by atoms with Gasteiger partial charge in [0.05, 0.1) is 6.04 Å². The Balaban J connectivity index is 1.45. The Labute approximate surface area is 187 Å². The van der Waals surface area contributed by atoms with Crippen molar-refractivity contribution in [2.24, 2.45) is 5.92 Å². The first-order valence-electron chi connectivity index (χ1n) is 11.3. The lowest BCUT2D eigenvalue weighted by molar-refractivity contribution is 0.0542. The van der Waals surface area contributed by atoms with Gasteiger partial charge in [-0.05, 0) is 73.9 Å². The average molecular weight is 468 g/mol. The van der Waals surface area contributed by atoms with E-state index in [0.717, 1.165) is 54.0 Å². The second-order valence-electron chi connectivity index (χ2n) is 9.09. The Morgan fingerprint density at radius 2 is 2.10 bits per heavy atom. The number of benzene rings is 2. The molecule has 158 valence electrons. The predicted octanol–water partition coefficient (Wildman–Crippen LogP) is 4.61. The number of carbonyl (C=O) groups excluding carboxylic acids is 1. The minimum atomic E-state index is -0.0243. The first-order valence-corrected chi connectivity index (χ1v) is 12.0. The molecule has 3 aliphatic heterocycles. The van der Waals surface area contributed by atoms with Gasteiger partial charge in [0.1, 0.15) is 0 Å². The lowest BCUT2D eigenvalue weighted by Crippen LogP contribution is -2.55. The second-order valence-corrected chi connectivity index (χ2v) is 10.0. The van der Waals surface area contributed by atoms with Crippen molar-refractivity contribution in [3.05, 3.63) is 69.2 Å². The van der Waals surface area contributed by atoms with E-state index < -0.39 is 0 Å². The maximum Gasteiger partial charge on any atom is 0.252 e. The summed E-state index contributed by atoms with van der Waals surface area (Å²) in [7, 11) is 0. The lowest BCUT2D eigenvalue weighted by Gasteiger charge is -2.49. The molecule has 2 aromatic carbocycles. The molecule has 0 radical (unpaired) electrons. The zero-order valence-corrected chi connectivity index (χ0v) is 19.1. The minimum absolute atomic E-state index is 0.0243. The molecule has 0 aromatic heterocycles. The van der Waals surface area contributed by atoms with Crippen LogP contribution >= 0.6 is 15.9 Å². The highest BCUT2D eigenvalue weighted by molar-refractivity contribution is 9.10. The highest BCUT2D eigenvalue weighted by Gasteiger charge is 2.41. The quantitative estimate of drug-likeness (QED) is 0.692. The van der Waals surface area contributed by atoms with Crippen LogP contribution in [0.3, 0.4) is 0 Å². The summed E-state index contributed by atoms with van der Waals surface area (Å²) < 4.78 is 0.997. The van der Waals surface area contributed by atoms with Crippen LogP contribution in [0.5, 0.6) is 0 Å². The molecule has 0 bridgehead atoms. The Bertz CT molecular complexity index is 931. The molecule has 0 unspecified atom stereocenters. The van der Waals surface area contributed by atoms with Crippen molar-refractivity contribution in [2.45, 2.75) is 50.7 Å². The third-order valence-corrected chi connectivity index (χ3v) is 7.70. The molecule has 2 N–H and O–H groups in total. The fraction of sp³-hybridized carbons (Fsp3) is 0.480. The van der Waals surface area contributed by atoms with Crippen LogP contribution in [0.25, 0.3) is 0 Å². The van der Waals surface area contributed by atoms with Gasteiger partial charge in [-0.15, -0.1) is 0 Å². The first-order chi connectivity index (χ1) is 14.6. The van der Waals surface area contributed by atoms with Gasteiger partial charge in [0.15, 0.2) is 0 Å². The van der Waals surface area contributed by atoms with Crippen LogP contribution in [0, 0.1) is 5.92 Å². The molecule has 2 aromatic rings. The van der Waals surface area contributed by atoms with Crippen LogP contribution in [-0.4, -0.2) is 36.5 Å². The Hall–Kier alpha value is -1.69. The second kappa shape index (κ2) is 8.45. The third kappa shape index (κ3) is 3.83. The maximum absolute atomic E-state index is 13.4. The van der Waals surface area contributed by atoms with Crippen molar-refractivity contribution in [2.75, 3.05) is 19.6 Å². The summed E-state index contributed by atoms with van der Waals surface area (Å²) in [5.74, 6) is 0.784. The van der Waals surface area contributed by atoms with Crippen LogP contribution in [0.2, 0.25) is 0 Å². The summed E-state index contributed by atoms with van der Waals surface area (Å²) in [4.78, 5) is 16.1. The smallest absolute Gasteiger partial charge is 0.252 e. The fourth-order valence-electron chi connectivity index (χ4n) is 5.71. The van der Waals surface area contributed by atoms with Gasteiger partial charge in [-0.2, -0.15) is 0 Å². The SMILES string of the molecule is C[C@@H](NC(=O)c1cc(Br)cc2c1[C@H]1C[C@@H]3NCCC[C@@H]3CN1CC2)c1ccccc1. The van der Waals surface area contributed by atoms with Crippen LogP contribution < -0.4 is 10.6 Å². The number of nitrogens with zero attached hydrogens (tertiary/aromatic N) is 1. The van der Waals surface area contributed by atoms with Crippen molar-refractivity contribution in [3.63, 3.8) is 0 Å². The van der Waals surface area contributed by atoms with Gasteiger partial charge in [-0.1, -0.05) is 46.3 Å². The van der Waals surface area contributed by atoms with Crippen LogP contribution in [0.15, 0.2) is 46.9 Å². The molecule has 3 heterocycles. The molecule has 0 aliphatic carbocycles. The predicted molar refractivity (Wildman–Crippen MR) is 124 cm³/mol. The highest BCUT2D eigenvalue weighted by atomic mass is 79.9. The molecule has 3 aliphatic rings. The molecule has 5 rings (SSSR count). The largest absolute Gasteiger partial charge is 0.346 e. The number of amides is 1. The van der Waals surface area contributed by atoms with E-state index in [0.29, 0.717) is 12.1 Å². The number of hydrogen-bond donors (Lipinski definition) is 2. The van der Waals surface area contributed by atoms with E-state index in [9.17, 15) is 4.79 Å². The number of nitrogens with one attached hydrogen (secondary N) is 2. The zero-order valence-electron chi connectivity index (χ0n) is 17.5. The van der Waals surface area contributed by atoms with E-state index in [4.69, 9.17) is 0 Å². The van der Waals surface area contributed by atoms with Crippen molar-refractivity contribution < 1.29 is 4.79 Å². The van der Waals surface area contributed by atoms with Gasteiger partial charge in [0.2, 0.25) is 0 Å². The molecule has 4 atom stereocenters. The Kier molecular flexibility index (Phi) is 5.69. The molecule has 5 heteroatoms. The van der Waals surface area contributed by atoms with Gasteiger partial charge >= 0.3 is 0 Å². The summed E-state index contributed by atoms with van der Waals surface area (Å²) in [6.07, 6.45) is 4.74. The molecule has 2 saturated heterocycles. The first kappa shape index (κ1) is 20.2. The minimum Gasteiger partial charge on any atom is -0.346 e. The summed E-state index contributed by atoms with van der Waals surface area (Å²) in [5, 5.41) is 7.01. The van der Waals surface area contributed by atoms with Crippen LogP contribution in [0.1, 0.15) is 65.3 Å². The van der Waals surface area contributed by atoms with E-state index >= 15 is 0 Å². The van der Waals surface area contributed by atoms with E-state index in [-0.39, 0.29) is 11.9 Å². The average Bonchev–Trinajstić information content (AvgIpc) is 2.77. The van der Waals surface area contributed by atoms with E-state index in [1.807, 2.05) is 24.3 Å². The van der Waals surface area contributed by atoms with Crippen molar-refractivity contribution in [3.8, 4) is 0 Å². The van der Waals surface area contributed by atoms with E-state index in [1.54, 1.807) is 0 Å². The van der Waals surface area contributed by atoms with Crippen LogP contribution in [-0.2, 0) is 6.42 Å². The van der Waals surface area contributed by atoms with Gasteiger partial charge in [-0.3, -0.25) is 9.69 Å². The maximum atomic E-state index is 13.4. The lowest BCUT2D eigenvalue weighted by atomic mass is 9.76. The molecule has 4 nitrogen and oxygen atoms in total. The van der Waals surface area contributed by atoms with Gasteiger partial charge in [0, 0.05) is 35.2 Å². The van der Waals surface area contributed by atoms with Gasteiger partial charge < -0.3 is 10.6 Å². The fourth-order valence-corrected chi connectivity index (χ4v) is 6.21. The molecular formula is C25H30BrN3O. The number of rotatable bonds is 3. The van der Waals surface area contributed by atoms with Crippen LogP contribution in [0.4, 0.5) is 0 Å². The summed E-state index contributed by atoms with van der Waals surface area (Å²) in [5.41, 5.74) is 4.56. The zero-order chi connectivity index (χ0) is 20.7. The standard InChI is InChI=1S/C25H30BrN3O/c1-16(17-6-3-2-4-7-17)28-25(30)21-13-20(26)12-18-9-11-29-15-19-8-5-10-27-22(19)14-23(29)24(18)21/h2-4,6-7,12-13,16,19,22-23,27H,5,8-11,14-15H2,1H3,(H,28,30)/t16-,19-,22+,23-/m1/s1. The number of carbonyl (C=O) groups is 1. The highest BCUT2D eigenvalue weighted by Crippen LogP contribution is 2.43. The third-order valence-electron chi connectivity index (χ3n) is 7.24. The normalized spacial score (nSPS) is 26.8. The molecule has 30 heavy (non-hydrogen) atoms. The molecular weight excluding hydrogens is 438 g/mol. The number of hydrogen-bond acceptors (Lipinski definition) is 3. The Morgan fingerprint density at radius 1 is 1.27 bits per heavy atom. The van der Waals surface area contributed by atoms with Gasteiger partial charge in [-0.25, -0.2) is 0 Å². The van der Waals surface area contributed by atoms with E-state index in [1.165, 1.54) is 24.0 Å². The van der Waals surface area contributed by atoms with Gasteiger partial charge in [0.25, 0.3) is 5.91 Å². The topological polar surface area (TPSA) is 44.4 Å². The molecule has 0 spiro atoms. The van der Waals surface area contributed by atoms with Crippen molar-refractivity contribution in [1.29, 1.82) is 0 Å². The summed E-state index contributed by atoms with van der Waals surface area (Å²) in [6.45, 7) is 5.43. The van der Waals surface area contributed by atoms with E-state index in [2.05, 4.69) is 56.6 Å². The Morgan fingerprint density at radius 3 is 2.93 bits per heavy atom. The number of piperidine rings is 2. The number of fused-ring (bicyclic) bond motifs is 4. The molecule has 2 fully saturated rings. The summed E-state index contributed by atoms with van der Waals surface area (Å²) in [6, 6.07) is 15.3. The number of halogens is 1. The van der Waals surface area contributed by atoms with Crippen molar-refractivity contribution in [1.82, 2.24) is 15.5 Å². The summed E-state index contributed by atoms with van der Waals surface area (Å²) >= 11 is 3.66. The molecule has 1 amide bonds. The molecule has 0 saturated carbocycles. The monoisotopic (exact) mass is 467 g/mol. The van der Waals surface area contributed by atoms with Crippen molar-refractivity contribution >= 4 is 21.8 Å².